The summed E-state index contributed by atoms with van der Waals surface area (Å²) in [6.07, 6.45) is 0.474. The SMILES string of the molecule is CC1Oc2ccccc2OC1C(=O)N(Cc1ccccn1)c1nc2ccc(Br)cc2s1. The van der Waals surface area contributed by atoms with Gasteiger partial charge in [-0.3, -0.25) is 14.7 Å². The fraction of sp³-hybridized carbons (Fsp3) is 0.174. The first-order chi connectivity index (χ1) is 15.1. The molecule has 0 radical (unpaired) electrons. The number of benzene rings is 2. The Balaban J connectivity index is 1.52. The smallest absolute Gasteiger partial charge is 0.274 e. The Bertz CT molecular complexity index is 1250. The second kappa shape index (κ2) is 8.28. The van der Waals surface area contributed by atoms with Crippen molar-refractivity contribution < 1.29 is 14.3 Å². The van der Waals surface area contributed by atoms with Gasteiger partial charge < -0.3 is 9.47 Å². The summed E-state index contributed by atoms with van der Waals surface area (Å²) < 4.78 is 14.0. The molecule has 8 heteroatoms. The standard InChI is InChI=1S/C23H18BrN3O3S/c1-14-21(30-19-8-3-2-7-18(19)29-14)22(28)27(13-16-6-4-5-11-25-16)23-26-17-10-9-15(24)12-20(17)31-23/h2-12,14,21H,13H2,1H3. The van der Waals surface area contributed by atoms with Crippen molar-refractivity contribution in [1.82, 2.24) is 9.97 Å². The number of pyridine rings is 1. The average molecular weight is 496 g/mol. The third-order valence-electron chi connectivity index (χ3n) is 4.97. The maximum Gasteiger partial charge on any atom is 0.274 e. The number of hydrogen-bond acceptors (Lipinski definition) is 6. The molecule has 0 spiro atoms. The Morgan fingerprint density at radius 3 is 2.65 bits per heavy atom. The molecule has 2 aromatic carbocycles. The number of halogens is 1. The summed E-state index contributed by atoms with van der Waals surface area (Å²) in [5.41, 5.74) is 1.60. The summed E-state index contributed by atoms with van der Waals surface area (Å²) in [7, 11) is 0. The van der Waals surface area contributed by atoms with Gasteiger partial charge in [0.25, 0.3) is 5.91 Å². The molecule has 2 unspecified atom stereocenters. The van der Waals surface area contributed by atoms with E-state index < -0.39 is 12.2 Å². The minimum Gasteiger partial charge on any atom is -0.482 e. The number of para-hydroxylation sites is 2. The van der Waals surface area contributed by atoms with Crippen LogP contribution in [0.25, 0.3) is 10.2 Å². The van der Waals surface area contributed by atoms with Gasteiger partial charge in [0.2, 0.25) is 6.10 Å². The monoisotopic (exact) mass is 495 g/mol. The maximum atomic E-state index is 13.7. The summed E-state index contributed by atoms with van der Waals surface area (Å²) in [6.45, 7) is 2.13. The van der Waals surface area contributed by atoms with Gasteiger partial charge in [0.15, 0.2) is 16.6 Å². The molecule has 5 rings (SSSR count). The third kappa shape index (κ3) is 4.00. The predicted molar refractivity (Wildman–Crippen MR) is 124 cm³/mol. The summed E-state index contributed by atoms with van der Waals surface area (Å²) >= 11 is 4.96. The second-order valence-electron chi connectivity index (χ2n) is 7.16. The first-order valence-corrected chi connectivity index (χ1v) is 11.4. The van der Waals surface area contributed by atoms with Crippen molar-refractivity contribution in [2.24, 2.45) is 0 Å². The van der Waals surface area contributed by atoms with Crippen LogP contribution in [0.1, 0.15) is 12.6 Å². The number of nitrogens with zero attached hydrogens (tertiary/aromatic N) is 3. The molecule has 31 heavy (non-hydrogen) atoms. The van der Waals surface area contributed by atoms with Gasteiger partial charge in [-0.05, 0) is 49.4 Å². The molecule has 0 fully saturated rings. The number of fused-ring (bicyclic) bond motifs is 2. The number of anilines is 1. The first kappa shape index (κ1) is 20.0. The zero-order valence-electron chi connectivity index (χ0n) is 16.6. The molecule has 6 nitrogen and oxygen atoms in total. The number of hydrogen-bond donors (Lipinski definition) is 0. The zero-order chi connectivity index (χ0) is 21.4. The van der Waals surface area contributed by atoms with Crippen LogP contribution < -0.4 is 14.4 Å². The number of carbonyl (C=O) groups excluding carboxylic acids is 1. The topological polar surface area (TPSA) is 64.6 Å². The van der Waals surface area contributed by atoms with Crippen LogP contribution in [0.2, 0.25) is 0 Å². The molecule has 156 valence electrons. The fourth-order valence-corrected chi connectivity index (χ4v) is 4.96. The lowest BCUT2D eigenvalue weighted by Crippen LogP contribution is -2.50. The maximum absolute atomic E-state index is 13.7. The van der Waals surface area contributed by atoms with Gasteiger partial charge >= 0.3 is 0 Å². The Labute approximate surface area is 191 Å². The van der Waals surface area contributed by atoms with E-state index in [-0.39, 0.29) is 12.5 Å². The molecule has 1 aliphatic rings. The van der Waals surface area contributed by atoms with Crippen LogP contribution in [0, 0.1) is 0 Å². The van der Waals surface area contributed by atoms with Gasteiger partial charge in [0.1, 0.15) is 6.10 Å². The lowest BCUT2D eigenvalue weighted by Gasteiger charge is -2.33. The lowest BCUT2D eigenvalue weighted by atomic mass is 10.1. The number of aromatic nitrogens is 2. The molecule has 1 aliphatic heterocycles. The number of ether oxygens (including phenoxy) is 2. The molecule has 0 saturated heterocycles. The molecular formula is C23H18BrN3O3S. The van der Waals surface area contributed by atoms with Crippen molar-refractivity contribution in [3.8, 4) is 11.5 Å². The van der Waals surface area contributed by atoms with Gasteiger partial charge in [0.05, 0.1) is 22.5 Å². The highest BCUT2D eigenvalue weighted by Crippen LogP contribution is 2.36. The quantitative estimate of drug-likeness (QED) is 0.388. The molecule has 2 aromatic heterocycles. The van der Waals surface area contributed by atoms with E-state index in [0.29, 0.717) is 16.6 Å². The highest BCUT2D eigenvalue weighted by atomic mass is 79.9. The Hall–Kier alpha value is -2.97. The van der Waals surface area contributed by atoms with Crippen molar-refractivity contribution in [3.05, 3.63) is 77.0 Å². The van der Waals surface area contributed by atoms with Crippen molar-refractivity contribution in [2.75, 3.05) is 4.90 Å². The lowest BCUT2D eigenvalue weighted by molar-refractivity contribution is -0.130. The highest BCUT2D eigenvalue weighted by Gasteiger charge is 2.38. The third-order valence-corrected chi connectivity index (χ3v) is 6.50. The molecule has 3 heterocycles. The zero-order valence-corrected chi connectivity index (χ0v) is 19.0. The fourth-order valence-electron chi connectivity index (χ4n) is 3.44. The summed E-state index contributed by atoms with van der Waals surface area (Å²) in [4.78, 5) is 24.5. The molecule has 2 atom stereocenters. The van der Waals surface area contributed by atoms with E-state index in [1.807, 2.05) is 61.5 Å². The van der Waals surface area contributed by atoms with E-state index in [9.17, 15) is 4.79 Å². The van der Waals surface area contributed by atoms with Gasteiger partial charge in [0, 0.05) is 10.7 Å². The molecule has 4 aromatic rings. The minimum atomic E-state index is -0.794. The average Bonchev–Trinajstić information content (AvgIpc) is 3.20. The molecule has 1 amide bonds. The Kier molecular flexibility index (Phi) is 5.33. The van der Waals surface area contributed by atoms with Gasteiger partial charge in [-0.2, -0.15) is 0 Å². The highest BCUT2D eigenvalue weighted by molar-refractivity contribution is 9.10. The summed E-state index contributed by atoms with van der Waals surface area (Å²) in [6, 6.07) is 18.9. The van der Waals surface area contributed by atoms with Crippen molar-refractivity contribution in [2.45, 2.75) is 25.7 Å². The van der Waals surface area contributed by atoms with Crippen molar-refractivity contribution >= 4 is 48.5 Å². The van der Waals surface area contributed by atoms with E-state index in [0.717, 1.165) is 20.4 Å². The largest absolute Gasteiger partial charge is 0.482 e. The number of rotatable bonds is 4. The molecule has 0 bridgehead atoms. The van der Waals surface area contributed by atoms with Crippen molar-refractivity contribution in [1.29, 1.82) is 0 Å². The van der Waals surface area contributed by atoms with E-state index in [4.69, 9.17) is 14.5 Å². The Morgan fingerprint density at radius 1 is 1.10 bits per heavy atom. The van der Waals surface area contributed by atoms with Gasteiger partial charge in [-0.15, -0.1) is 0 Å². The second-order valence-corrected chi connectivity index (χ2v) is 9.09. The van der Waals surface area contributed by atoms with Crippen molar-refractivity contribution in [3.63, 3.8) is 0 Å². The van der Waals surface area contributed by atoms with Crippen LogP contribution in [0.5, 0.6) is 11.5 Å². The van der Waals surface area contributed by atoms with Crippen LogP contribution in [0.15, 0.2) is 71.3 Å². The minimum absolute atomic E-state index is 0.217. The van der Waals surface area contributed by atoms with E-state index in [2.05, 4.69) is 20.9 Å². The molecular weight excluding hydrogens is 478 g/mol. The number of thiazole rings is 1. The predicted octanol–water partition coefficient (Wildman–Crippen LogP) is 5.22. The van der Waals surface area contributed by atoms with Crippen LogP contribution in [0.4, 0.5) is 5.13 Å². The van der Waals surface area contributed by atoms with Crippen LogP contribution in [-0.2, 0) is 11.3 Å². The summed E-state index contributed by atoms with van der Waals surface area (Å²) in [5.74, 6) is 0.982. The Morgan fingerprint density at radius 2 is 1.87 bits per heavy atom. The van der Waals surface area contributed by atoms with Gasteiger partial charge in [-0.1, -0.05) is 45.5 Å². The number of carbonyl (C=O) groups is 1. The van der Waals surface area contributed by atoms with Crippen LogP contribution >= 0.6 is 27.3 Å². The molecule has 0 saturated carbocycles. The summed E-state index contributed by atoms with van der Waals surface area (Å²) in [5, 5.41) is 0.596. The first-order valence-electron chi connectivity index (χ1n) is 9.78. The molecule has 0 aliphatic carbocycles. The number of amides is 1. The van der Waals surface area contributed by atoms with Crippen LogP contribution in [-0.4, -0.2) is 28.1 Å². The van der Waals surface area contributed by atoms with Crippen LogP contribution in [0.3, 0.4) is 0 Å². The van der Waals surface area contributed by atoms with E-state index in [1.165, 1.54) is 11.3 Å². The normalized spacial score (nSPS) is 17.5. The molecule has 0 N–H and O–H groups in total. The van der Waals surface area contributed by atoms with E-state index >= 15 is 0 Å². The van der Waals surface area contributed by atoms with E-state index in [1.54, 1.807) is 17.2 Å². The van der Waals surface area contributed by atoms with Gasteiger partial charge in [-0.25, -0.2) is 4.98 Å².